The number of benzene rings is 1. The topological polar surface area (TPSA) is 43.7 Å². The van der Waals surface area contributed by atoms with Crippen molar-refractivity contribution in [1.29, 1.82) is 0 Å². The molecule has 3 nitrogen and oxygen atoms in total. The summed E-state index contributed by atoms with van der Waals surface area (Å²) in [6.45, 7) is 5.06. The molecule has 1 unspecified atom stereocenters. The SMILES string of the molecule is CCC(O)[C@H](C)CN(C)C.Oc1ccccc1. The molecule has 3 heteroatoms. The first-order valence-electron chi connectivity index (χ1n) is 6.04. The summed E-state index contributed by atoms with van der Waals surface area (Å²) in [4.78, 5) is 2.10. The third-order valence-electron chi connectivity index (χ3n) is 2.48. The number of para-hydroxylation sites is 1. The van der Waals surface area contributed by atoms with Crippen molar-refractivity contribution < 1.29 is 10.2 Å². The molecular weight excluding hydrogens is 214 g/mol. The summed E-state index contributed by atoms with van der Waals surface area (Å²) in [5.41, 5.74) is 0. The first kappa shape index (κ1) is 15.9. The first-order chi connectivity index (χ1) is 7.97. The lowest BCUT2D eigenvalue weighted by atomic mass is 10.0. The van der Waals surface area contributed by atoms with Crippen molar-refractivity contribution in [3.63, 3.8) is 0 Å². The molecule has 0 heterocycles. The summed E-state index contributed by atoms with van der Waals surface area (Å²) >= 11 is 0. The van der Waals surface area contributed by atoms with Crippen LogP contribution in [0.15, 0.2) is 30.3 Å². The number of rotatable bonds is 4. The van der Waals surface area contributed by atoms with Crippen molar-refractivity contribution in [3.05, 3.63) is 30.3 Å². The molecule has 0 saturated heterocycles. The predicted molar refractivity (Wildman–Crippen MR) is 72.1 cm³/mol. The Morgan fingerprint density at radius 3 is 2.00 bits per heavy atom. The Morgan fingerprint density at radius 2 is 1.71 bits per heavy atom. The van der Waals surface area contributed by atoms with Crippen molar-refractivity contribution in [2.75, 3.05) is 20.6 Å². The van der Waals surface area contributed by atoms with E-state index in [0.717, 1.165) is 13.0 Å². The highest BCUT2D eigenvalue weighted by molar-refractivity contribution is 5.18. The van der Waals surface area contributed by atoms with Crippen molar-refractivity contribution in [2.45, 2.75) is 26.4 Å². The van der Waals surface area contributed by atoms with Gasteiger partial charge in [0, 0.05) is 6.54 Å². The molecule has 0 saturated carbocycles. The van der Waals surface area contributed by atoms with Gasteiger partial charge in [-0.05, 0) is 38.6 Å². The maximum Gasteiger partial charge on any atom is 0.115 e. The van der Waals surface area contributed by atoms with Gasteiger partial charge >= 0.3 is 0 Å². The molecule has 1 aromatic carbocycles. The average Bonchev–Trinajstić information content (AvgIpc) is 2.29. The van der Waals surface area contributed by atoms with Crippen LogP contribution < -0.4 is 0 Å². The van der Waals surface area contributed by atoms with Crippen LogP contribution in [0.1, 0.15) is 20.3 Å². The van der Waals surface area contributed by atoms with E-state index in [1.54, 1.807) is 24.3 Å². The molecule has 0 aliphatic rings. The van der Waals surface area contributed by atoms with Gasteiger partial charge in [-0.1, -0.05) is 32.0 Å². The van der Waals surface area contributed by atoms with Crippen LogP contribution in [-0.2, 0) is 0 Å². The number of phenols is 1. The zero-order valence-electron chi connectivity index (χ0n) is 11.3. The Kier molecular flexibility index (Phi) is 8.46. The Morgan fingerprint density at radius 1 is 1.18 bits per heavy atom. The van der Waals surface area contributed by atoms with E-state index in [1.165, 1.54) is 0 Å². The number of hydrogen-bond donors (Lipinski definition) is 2. The van der Waals surface area contributed by atoms with Gasteiger partial charge < -0.3 is 15.1 Å². The van der Waals surface area contributed by atoms with Crippen LogP contribution in [-0.4, -0.2) is 41.9 Å². The minimum absolute atomic E-state index is 0.137. The number of aromatic hydroxyl groups is 1. The molecule has 0 aromatic heterocycles. The Balaban J connectivity index is 0.000000318. The molecule has 0 amide bonds. The van der Waals surface area contributed by atoms with Crippen LogP contribution in [0.5, 0.6) is 5.75 Å². The summed E-state index contributed by atoms with van der Waals surface area (Å²) in [7, 11) is 4.05. The van der Waals surface area contributed by atoms with Crippen molar-refractivity contribution in [3.8, 4) is 5.75 Å². The van der Waals surface area contributed by atoms with E-state index in [4.69, 9.17) is 5.11 Å². The number of aliphatic hydroxyl groups is 1. The third-order valence-corrected chi connectivity index (χ3v) is 2.48. The summed E-state index contributed by atoms with van der Waals surface area (Å²) in [6.07, 6.45) is 0.719. The molecule has 0 radical (unpaired) electrons. The number of aliphatic hydroxyl groups excluding tert-OH is 1. The van der Waals surface area contributed by atoms with Gasteiger partial charge in [-0.2, -0.15) is 0 Å². The Hall–Kier alpha value is -1.06. The summed E-state index contributed by atoms with van der Waals surface area (Å²) in [5, 5.41) is 18.0. The number of nitrogens with zero attached hydrogens (tertiary/aromatic N) is 1. The van der Waals surface area contributed by atoms with Crippen LogP contribution in [0, 0.1) is 5.92 Å². The lowest BCUT2D eigenvalue weighted by molar-refractivity contribution is 0.0964. The van der Waals surface area contributed by atoms with Gasteiger partial charge in [-0.3, -0.25) is 0 Å². The molecule has 0 spiro atoms. The lowest BCUT2D eigenvalue weighted by Crippen LogP contribution is -2.28. The smallest absolute Gasteiger partial charge is 0.115 e. The van der Waals surface area contributed by atoms with Crippen molar-refractivity contribution >= 4 is 0 Å². The number of phenolic OH excluding ortho intramolecular Hbond substituents is 1. The summed E-state index contributed by atoms with van der Waals surface area (Å²) in [5.74, 6) is 0.711. The maximum absolute atomic E-state index is 9.35. The molecule has 98 valence electrons. The monoisotopic (exact) mass is 239 g/mol. The molecule has 0 aliphatic carbocycles. The Bertz CT molecular complexity index is 275. The Labute approximate surface area is 105 Å². The second kappa shape index (κ2) is 9.02. The van der Waals surface area contributed by atoms with Crippen LogP contribution in [0.25, 0.3) is 0 Å². The standard InChI is InChI=1S/C8H19NO.C6H6O/c1-5-8(10)7(2)6-9(3)4;7-6-4-2-1-3-5-6/h7-8,10H,5-6H2,1-4H3;1-5,7H/t7-,8?;/m1./s1. The van der Waals surface area contributed by atoms with Crippen molar-refractivity contribution in [2.24, 2.45) is 5.92 Å². The highest BCUT2D eigenvalue weighted by Crippen LogP contribution is 2.06. The molecule has 2 N–H and O–H groups in total. The van der Waals surface area contributed by atoms with Gasteiger partial charge in [0.1, 0.15) is 5.75 Å². The van der Waals surface area contributed by atoms with Crippen LogP contribution in [0.2, 0.25) is 0 Å². The predicted octanol–water partition coefficient (Wildman–Crippen LogP) is 2.35. The normalized spacial score (nSPS) is 13.8. The lowest BCUT2D eigenvalue weighted by Gasteiger charge is -2.20. The molecule has 0 aliphatic heterocycles. The van der Waals surface area contributed by atoms with Gasteiger partial charge in [0.25, 0.3) is 0 Å². The molecule has 0 bridgehead atoms. The highest BCUT2D eigenvalue weighted by Gasteiger charge is 2.11. The molecule has 1 aromatic rings. The minimum atomic E-state index is -0.137. The first-order valence-corrected chi connectivity index (χ1v) is 6.04. The highest BCUT2D eigenvalue weighted by atomic mass is 16.3. The molecule has 0 fully saturated rings. The molecule has 1 rings (SSSR count). The van der Waals surface area contributed by atoms with E-state index < -0.39 is 0 Å². The third kappa shape index (κ3) is 8.72. The summed E-state index contributed by atoms with van der Waals surface area (Å²) in [6, 6.07) is 8.71. The van der Waals surface area contributed by atoms with Gasteiger partial charge in [0.15, 0.2) is 0 Å². The minimum Gasteiger partial charge on any atom is -0.508 e. The zero-order valence-corrected chi connectivity index (χ0v) is 11.3. The van der Waals surface area contributed by atoms with Crippen LogP contribution in [0.3, 0.4) is 0 Å². The fourth-order valence-corrected chi connectivity index (χ4v) is 1.53. The van der Waals surface area contributed by atoms with Crippen LogP contribution >= 0.6 is 0 Å². The largest absolute Gasteiger partial charge is 0.508 e. The van der Waals surface area contributed by atoms with E-state index in [2.05, 4.69) is 11.8 Å². The zero-order chi connectivity index (χ0) is 13.3. The number of hydrogen-bond acceptors (Lipinski definition) is 3. The second-order valence-corrected chi connectivity index (χ2v) is 4.55. The maximum atomic E-state index is 9.35. The molecule has 2 atom stereocenters. The van der Waals surface area contributed by atoms with Gasteiger partial charge in [0.2, 0.25) is 0 Å². The molecule has 17 heavy (non-hydrogen) atoms. The van der Waals surface area contributed by atoms with E-state index in [-0.39, 0.29) is 6.10 Å². The fourth-order valence-electron chi connectivity index (χ4n) is 1.53. The van der Waals surface area contributed by atoms with Gasteiger partial charge in [-0.15, -0.1) is 0 Å². The average molecular weight is 239 g/mol. The van der Waals surface area contributed by atoms with E-state index in [1.807, 2.05) is 27.1 Å². The van der Waals surface area contributed by atoms with Gasteiger partial charge in [-0.25, -0.2) is 0 Å². The fraction of sp³-hybridized carbons (Fsp3) is 0.571. The van der Waals surface area contributed by atoms with E-state index in [9.17, 15) is 5.11 Å². The second-order valence-electron chi connectivity index (χ2n) is 4.55. The van der Waals surface area contributed by atoms with E-state index in [0.29, 0.717) is 11.7 Å². The summed E-state index contributed by atoms with van der Waals surface area (Å²) < 4.78 is 0. The van der Waals surface area contributed by atoms with E-state index >= 15 is 0 Å². The quantitative estimate of drug-likeness (QED) is 0.847. The molecular formula is C14H25NO2. The van der Waals surface area contributed by atoms with Crippen molar-refractivity contribution in [1.82, 2.24) is 4.90 Å². The van der Waals surface area contributed by atoms with Crippen LogP contribution in [0.4, 0.5) is 0 Å². The van der Waals surface area contributed by atoms with Gasteiger partial charge in [0.05, 0.1) is 6.10 Å².